The van der Waals surface area contributed by atoms with E-state index in [-0.39, 0.29) is 11.2 Å². The lowest BCUT2D eigenvalue weighted by Gasteiger charge is -2.33. The Balaban J connectivity index is 1.72. The molecular weight excluding hydrogens is 472 g/mol. The SMILES string of the molecule is CCCCC1(CCCC)c2cc(N)ccc2-c2ccc(C(=O)/C(CCC3CCCCC3)=N/OC(C)=O)cc21. The molecule has 204 valence electrons. The minimum Gasteiger partial charge on any atom is -0.399 e. The van der Waals surface area contributed by atoms with Crippen LogP contribution in [0, 0.1) is 5.92 Å². The molecule has 5 heteroatoms. The largest absolute Gasteiger partial charge is 0.399 e. The summed E-state index contributed by atoms with van der Waals surface area (Å²) >= 11 is 0. The molecule has 1 saturated carbocycles. The zero-order valence-electron chi connectivity index (χ0n) is 23.5. The maximum atomic E-state index is 13.9. The van der Waals surface area contributed by atoms with E-state index in [9.17, 15) is 9.59 Å². The summed E-state index contributed by atoms with van der Waals surface area (Å²) in [6.07, 6.45) is 14.1. The zero-order chi connectivity index (χ0) is 27.1. The van der Waals surface area contributed by atoms with Crippen LogP contribution in [0.1, 0.15) is 126 Å². The number of nitrogens with two attached hydrogens (primary N) is 1. The van der Waals surface area contributed by atoms with Crippen molar-refractivity contribution in [3.63, 3.8) is 0 Å². The van der Waals surface area contributed by atoms with Crippen LogP contribution in [0.5, 0.6) is 0 Å². The van der Waals surface area contributed by atoms with E-state index in [1.807, 2.05) is 12.1 Å². The van der Waals surface area contributed by atoms with Gasteiger partial charge in [-0.25, -0.2) is 4.79 Å². The molecule has 2 aromatic carbocycles. The van der Waals surface area contributed by atoms with Gasteiger partial charge in [0.2, 0.25) is 5.78 Å². The lowest BCUT2D eigenvalue weighted by molar-refractivity contribution is -0.140. The summed E-state index contributed by atoms with van der Waals surface area (Å²) in [5.74, 6) is -0.0388. The van der Waals surface area contributed by atoms with Gasteiger partial charge in [-0.15, -0.1) is 0 Å². The van der Waals surface area contributed by atoms with E-state index in [0.29, 0.717) is 23.6 Å². The molecule has 0 radical (unpaired) electrons. The van der Waals surface area contributed by atoms with Crippen molar-refractivity contribution < 1.29 is 14.4 Å². The molecule has 0 amide bonds. The lowest BCUT2D eigenvalue weighted by atomic mass is 9.70. The highest BCUT2D eigenvalue weighted by molar-refractivity contribution is 6.46. The Labute approximate surface area is 228 Å². The topological polar surface area (TPSA) is 81.8 Å². The highest BCUT2D eigenvalue weighted by Gasteiger charge is 2.42. The van der Waals surface area contributed by atoms with Crippen molar-refractivity contribution in [2.24, 2.45) is 11.1 Å². The third-order valence-electron chi connectivity index (χ3n) is 8.62. The zero-order valence-corrected chi connectivity index (χ0v) is 23.5. The second-order valence-corrected chi connectivity index (χ2v) is 11.3. The first-order valence-corrected chi connectivity index (χ1v) is 14.7. The molecule has 0 saturated heterocycles. The van der Waals surface area contributed by atoms with Gasteiger partial charge in [-0.2, -0.15) is 0 Å². The van der Waals surface area contributed by atoms with Gasteiger partial charge < -0.3 is 10.6 Å². The van der Waals surface area contributed by atoms with Gasteiger partial charge in [0.25, 0.3) is 0 Å². The third kappa shape index (κ3) is 6.03. The highest BCUT2D eigenvalue weighted by Crippen LogP contribution is 2.54. The molecular formula is C33H44N2O3. The fourth-order valence-corrected chi connectivity index (χ4v) is 6.58. The number of benzene rings is 2. The Morgan fingerprint density at radius 2 is 1.58 bits per heavy atom. The van der Waals surface area contributed by atoms with Crippen LogP contribution in [0.4, 0.5) is 5.69 Å². The number of rotatable bonds is 12. The Bertz CT molecular complexity index is 1170. The summed E-state index contributed by atoms with van der Waals surface area (Å²) in [7, 11) is 0. The van der Waals surface area contributed by atoms with E-state index in [2.05, 4.69) is 43.3 Å². The number of fused-ring (bicyclic) bond motifs is 3. The van der Waals surface area contributed by atoms with Gasteiger partial charge in [0, 0.05) is 23.6 Å². The van der Waals surface area contributed by atoms with Gasteiger partial charge in [-0.05, 0) is 72.1 Å². The number of ketones is 1. The van der Waals surface area contributed by atoms with Crippen molar-refractivity contribution in [2.75, 3.05) is 5.73 Å². The number of nitrogens with zero attached hydrogens (tertiary/aromatic N) is 1. The summed E-state index contributed by atoms with van der Waals surface area (Å²) in [6, 6.07) is 12.4. The molecule has 5 nitrogen and oxygen atoms in total. The van der Waals surface area contributed by atoms with Crippen molar-refractivity contribution in [2.45, 2.75) is 110 Å². The highest BCUT2D eigenvalue weighted by atomic mass is 16.7. The molecule has 4 rings (SSSR count). The van der Waals surface area contributed by atoms with Crippen LogP contribution in [0.15, 0.2) is 41.6 Å². The molecule has 38 heavy (non-hydrogen) atoms. The maximum Gasteiger partial charge on any atom is 0.331 e. The third-order valence-corrected chi connectivity index (χ3v) is 8.62. The quantitative estimate of drug-likeness (QED) is 0.101. The van der Waals surface area contributed by atoms with Gasteiger partial charge in [0.15, 0.2) is 0 Å². The molecule has 0 unspecified atom stereocenters. The van der Waals surface area contributed by atoms with E-state index in [1.165, 1.54) is 61.3 Å². The summed E-state index contributed by atoms with van der Waals surface area (Å²) in [4.78, 5) is 30.4. The fraction of sp³-hybridized carbons (Fsp3) is 0.545. The molecule has 2 N–H and O–H groups in total. The molecule has 0 atom stereocenters. The van der Waals surface area contributed by atoms with Crippen LogP contribution in [0.3, 0.4) is 0 Å². The second kappa shape index (κ2) is 12.7. The molecule has 0 bridgehead atoms. The van der Waals surface area contributed by atoms with Gasteiger partial charge in [0.1, 0.15) is 5.71 Å². The van der Waals surface area contributed by atoms with Crippen molar-refractivity contribution in [3.05, 3.63) is 53.1 Å². The molecule has 0 aliphatic heterocycles. The first-order valence-electron chi connectivity index (χ1n) is 14.7. The van der Waals surface area contributed by atoms with E-state index >= 15 is 0 Å². The number of nitrogen functional groups attached to an aromatic ring is 1. The van der Waals surface area contributed by atoms with Crippen molar-refractivity contribution in [1.82, 2.24) is 0 Å². The predicted molar refractivity (Wildman–Crippen MR) is 155 cm³/mol. The molecule has 2 aromatic rings. The number of hydrogen-bond acceptors (Lipinski definition) is 5. The molecule has 2 aliphatic carbocycles. The van der Waals surface area contributed by atoms with Crippen LogP contribution in [0.25, 0.3) is 11.1 Å². The summed E-state index contributed by atoms with van der Waals surface area (Å²) in [6.45, 7) is 5.78. The summed E-state index contributed by atoms with van der Waals surface area (Å²) in [5.41, 5.74) is 12.8. The van der Waals surface area contributed by atoms with E-state index in [4.69, 9.17) is 10.6 Å². The van der Waals surface area contributed by atoms with Crippen molar-refractivity contribution in [1.29, 1.82) is 0 Å². The van der Waals surface area contributed by atoms with Gasteiger partial charge in [-0.3, -0.25) is 4.79 Å². The Hall–Kier alpha value is -2.95. The Morgan fingerprint density at radius 3 is 2.21 bits per heavy atom. The van der Waals surface area contributed by atoms with Crippen molar-refractivity contribution in [3.8, 4) is 11.1 Å². The second-order valence-electron chi connectivity index (χ2n) is 11.3. The average molecular weight is 517 g/mol. The smallest absolute Gasteiger partial charge is 0.331 e. The Kier molecular flexibility index (Phi) is 9.40. The van der Waals surface area contributed by atoms with Crippen molar-refractivity contribution >= 4 is 23.2 Å². The van der Waals surface area contributed by atoms with E-state index < -0.39 is 5.97 Å². The van der Waals surface area contributed by atoms with E-state index in [1.54, 1.807) is 0 Å². The predicted octanol–water partition coefficient (Wildman–Crippen LogP) is 8.38. The average Bonchev–Trinajstić information content (AvgIpc) is 3.19. The van der Waals surface area contributed by atoms with Crippen LogP contribution >= 0.6 is 0 Å². The number of anilines is 1. The number of Topliss-reactive ketones (excluding diaryl/α,β-unsaturated/α-hetero) is 1. The van der Waals surface area contributed by atoms with Crippen LogP contribution in [-0.4, -0.2) is 17.5 Å². The molecule has 2 aliphatic rings. The van der Waals surface area contributed by atoms with Crippen LogP contribution in [0.2, 0.25) is 0 Å². The number of unbranched alkanes of at least 4 members (excludes halogenated alkanes) is 2. The number of carbonyl (C=O) groups excluding carboxylic acids is 2. The molecule has 0 aromatic heterocycles. The number of oxime groups is 1. The van der Waals surface area contributed by atoms with Crippen LogP contribution in [-0.2, 0) is 15.0 Å². The standard InChI is InChI=1S/C33H44N2O3/c1-4-6-19-33(20-7-5-2)29-21-25(14-16-27(29)28-17-15-26(34)22-30(28)33)32(37)31(35-38-23(3)36)18-13-24-11-9-8-10-12-24/h14-17,21-22,24H,4-13,18-20,34H2,1-3H3/b35-31+. The molecule has 0 spiro atoms. The molecule has 0 heterocycles. The fourth-order valence-electron chi connectivity index (χ4n) is 6.58. The van der Waals surface area contributed by atoms with Crippen LogP contribution < -0.4 is 5.73 Å². The minimum atomic E-state index is -0.506. The van der Waals surface area contributed by atoms with Gasteiger partial charge >= 0.3 is 5.97 Å². The Morgan fingerprint density at radius 1 is 0.947 bits per heavy atom. The molecule has 1 fully saturated rings. The lowest BCUT2D eigenvalue weighted by Crippen LogP contribution is -2.26. The van der Waals surface area contributed by atoms with E-state index in [0.717, 1.165) is 50.6 Å². The summed E-state index contributed by atoms with van der Waals surface area (Å²) < 4.78 is 0. The number of hydrogen-bond donors (Lipinski definition) is 1. The number of carbonyl (C=O) groups is 2. The van der Waals surface area contributed by atoms with Gasteiger partial charge in [0.05, 0.1) is 0 Å². The minimum absolute atomic E-state index is 0.139. The monoisotopic (exact) mass is 516 g/mol. The summed E-state index contributed by atoms with van der Waals surface area (Å²) in [5, 5.41) is 4.07. The normalized spacial score (nSPS) is 16.7. The maximum absolute atomic E-state index is 13.9. The first kappa shape index (κ1) is 28.1. The van der Waals surface area contributed by atoms with Gasteiger partial charge in [-0.1, -0.05) is 95.0 Å². The first-order chi connectivity index (χ1) is 18.4.